The number of esters is 3. The van der Waals surface area contributed by atoms with Crippen molar-refractivity contribution in [2.75, 3.05) is 13.2 Å². The van der Waals surface area contributed by atoms with Crippen LogP contribution in [0.5, 0.6) is 0 Å². The average Bonchev–Trinajstić information content (AvgIpc) is 3.28. The third-order valence-electron chi connectivity index (χ3n) is 9.93. The molecule has 0 amide bonds. The lowest BCUT2D eigenvalue weighted by atomic mass is 10.1. The van der Waals surface area contributed by atoms with Gasteiger partial charge in [0.2, 0.25) is 0 Å². The van der Waals surface area contributed by atoms with Crippen LogP contribution in [0.25, 0.3) is 0 Å². The molecule has 0 aromatic heterocycles. The lowest BCUT2D eigenvalue weighted by Gasteiger charge is -2.18. The summed E-state index contributed by atoms with van der Waals surface area (Å²) in [6.45, 7) is 6.32. The van der Waals surface area contributed by atoms with Gasteiger partial charge in [0.1, 0.15) is 13.2 Å². The zero-order valence-corrected chi connectivity index (χ0v) is 40.3. The van der Waals surface area contributed by atoms with Crippen LogP contribution in [-0.4, -0.2) is 37.2 Å². The lowest BCUT2D eigenvalue weighted by molar-refractivity contribution is -0.166. The second kappa shape index (κ2) is 50.5. The van der Waals surface area contributed by atoms with Gasteiger partial charge in [-0.15, -0.1) is 0 Å². The number of unbranched alkanes of at least 4 members (excludes halogenated alkanes) is 12. The summed E-state index contributed by atoms with van der Waals surface area (Å²) in [6, 6.07) is 0. The minimum atomic E-state index is -0.834. The molecule has 0 saturated carbocycles. The van der Waals surface area contributed by atoms with Crippen LogP contribution in [0, 0.1) is 0 Å². The predicted molar refractivity (Wildman–Crippen MR) is 269 cm³/mol. The molecule has 0 fully saturated rings. The zero-order valence-electron chi connectivity index (χ0n) is 40.3. The molecule has 6 nitrogen and oxygen atoms in total. The first-order chi connectivity index (χ1) is 31.0. The number of hydrogen-bond donors (Lipinski definition) is 0. The van der Waals surface area contributed by atoms with Gasteiger partial charge in [-0.1, -0.05) is 187 Å². The van der Waals surface area contributed by atoms with Crippen LogP contribution in [0.1, 0.15) is 201 Å². The second-order valence-corrected chi connectivity index (χ2v) is 16.0. The number of carbonyl (C=O) groups excluding carboxylic acids is 3. The minimum absolute atomic E-state index is 0.125. The number of allylic oxidation sites excluding steroid dienone is 20. The zero-order chi connectivity index (χ0) is 45.8. The van der Waals surface area contributed by atoms with Crippen molar-refractivity contribution in [2.24, 2.45) is 0 Å². The van der Waals surface area contributed by atoms with Crippen molar-refractivity contribution in [3.8, 4) is 0 Å². The van der Waals surface area contributed by atoms with E-state index in [-0.39, 0.29) is 44.0 Å². The first kappa shape index (κ1) is 58.8. The maximum absolute atomic E-state index is 12.8. The molecule has 0 aliphatic carbocycles. The van der Waals surface area contributed by atoms with Gasteiger partial charge in [-0.3, -0.25) is 14.4 Å². The van der Waals surface area contributed by atoms with Gasteiger partial charge in [0.15, 0.2) is 6.10 Å². The number of hydrogen-bond acceptors (Lipinski definition) is 6. The van der Waals surface area contributed by atoms with E-state index in [4.69, 9.17) is 14.2 Å². The fourth-order valence-electron chi connectivity index (χ4n) is 6.16. The Morgan fingerprint density at radius 3 is 1.16 bits per heavy atom. The largest absolute Gasteiger partial charge is 0.462 e. The molecule has 0 aromatic rings. The fourth-order valence-corrected chi connectivity index (χ4v) is 6.16. The average molecular weight is 871 g/mol. The summed E-state index contributed by atoms with van der Waals surface area (Å²) >= 11 is 0. The quantitative estimate of drug-likeness (QED) is 0.0263. The van der Waals surface area contributed by atoms with Crippen LogP contribution in [-0.2, 0) is 28.6 Å². The van der Waals surface area contributed by atoms with E-state index in [2.05, 4.69) is 130 Å². The molecule has 354 valence electrons. The van der Waals surface area contributed by atoms with Gasteiger partial charge in [-0.2, -0.15) is 0 Å². The molecule has 0 spiro atoms. The molecule has 0 aliphatic rings. The van der Waals surface area contributed by atoms with E-state index in [9.17, 15) is 14.4 Å². The van der Waals surface area contributed by atoms with E-state index in [1.807, 2.05) is 12.2 Å². The Hall–Kier alpha value is -4.19. The molecule has 1 atom stereocenters. The molecular weight excluding hydrogens is 781 g/mol. The summed E-state index contributed by atoms with van der Waals surface area (Å²) in [5, 5.41) is 0. The normalized spacial score (nSPS) is 13.1. The molecule has 0 heterocycles. The van der Waals surface area contributed by atoms with E-state index in [1.54, 1.807) is 0 Å². The fraction of sp³-hybridized carbons (Fsp3) is 0.596. The summed E-state index contributed by atoms with van der Waals surface area (Å²) in [5.41, 5.74) is 0. The SMILES string of the molecule is CC/C=C\C/C=C\C/C=C\C/C=C\C/C=C\C/C=C\CCC(=O)OC[C@@H](COC(=O)CCCCCCC/C=C\CCCC)OC(=O)CCCC/C=C\C/C=C\C/C=C\CCCCC. The molecule has 0 aromatic carbocycles. The molecule has 0 N–H and O–H groups in total. The van der Waals surface area contributed by atoms with E-state index in [0.717, 1.165) is 96.3 Å². The summed E-state index contributed by atoms with van der Waals surface area (Å²) < 4.78 is 16.6. The first-order valence-electron chi connectivity index (χ1n) is 25.0. The monoisotopic (exact) mass is 871 g/mol. The van der Waals surface area contributed by atoms with E-state index < -0.39 is 6.10 Å². The van der Waals surface area contributed by atoms with Crippen LogP contribution in [0.2, 0.25) is 0 Å². The van der Waals surface area contributed by atoms with Crippen LogP contribution in [0.4, 0.5) is 0 Å². The van der Waals surface area contributed by atoms with Crippen molar-refractivity contribution in [1.82, 2.24) is 0 Å². The predicted octanol–water partition coefficient (Wildman–Crippen LogP) is 16.5. The molecule has 0 bridgehead atoms. The van der Waals surface area contributed by atoms with Crippen LogP contribution in [0.15, 0.2) is 122 Å². The number of carbonyl (C=O) groups is 3. The van der Waals surface area contributed by atoms with Gasteiger partial charge in [0.05, 0.1) is 0 Å². The third-order valence-corrected chi connectivity index (χ3v) is 9.93. The first-order valence-corrected chi connectivity index (χ1v) is 25.0. The Morgan fingerprint density at radius 2 is 0.667 bits per heavy atom. The van der Waals surface area contributed by atoms with Crippen molar-refractivity contribution >= 4 is 17.9 Å². The Bertz CT molecular complexity index is 1370. The maximum atomic E-state index is 12.8. The Labute approximate surface area is 386 Å². The lowest BCUT2D eigenvalue weighted by Crippen LogP contribution is -2.30. The summed E-state index contributed by atoms with van der Waals surface area (Å²) in [6.07, 6.45) is 69.1. The second-order valence-electron chi connectivity index (χ2n) is 16.0. The Balaban J connectivity index is 4.58. The molecule has 0 aliphatic heterocycles. The van der Waals surface area contributed by atoms with Gasteiger partial charge < -0.3 is 14.2 Å². The highest BCUT2D eigenvalue weighted by Gasteiger charge is 2.19. The summed E-state index contributed by atoms with van der Waals surface area (Å²) in [4.78, 5) is 37.9. The van der Waals surface area contributed by atoms with Crippen molar-refractivity contribution in [3.05, 3.63) is 122 Å². The van der Waals surface area contributed by atoms with Crippen molar-refractivity contribution in [3.63, 3.8) is 0 Å². The molecule has 6 heteroatoms. The standard InChI is InChI=1S/C57H90O6/c1-4-7-10-13-16-19-22-24-26-27-28-29-31-32-35-38-41-44-47-50-56(59)62-53-54(52-61-55(58)49-46-43-40-37-34-21-18-15-12-9-6-3)63-57(60)51-48-45-42-39-36-33-30-25-23-20-17-14-11-8-5-2/h7,10,15-20,24-26,28-30,32,35-36,39,41,44,54H,4-6,8-9,11-14,21-23,27,31,33-34,37-38,40,42-43,45-53H2,1-3H3/b10-7-,18-15-,19-16-,20-17-,26-24-,29-28-,30-25-,35-32-,39-36-,44-41-/t54-/m1/s1. The van der Waals surface area contributed by atoms with Crippen molar-refractivity contribution in [1.29, 1.82) is 0 Å². The number of rotatable bonds is 43. The van der Waals surface area contributed by atoms with Gasteiger partial charge in [0, 0.05) is 19.3 Å². The smallest absolute Gasteiger partial charge is 0.306 e. The number of ether oxygens (including phenoxy) is 3. The van der Waals surface area contributed by atoms with Crippen molar-refractivity contribution < 1.29 is 28.6 Å². The molecule has 0 saturated heterocycles. The maximum Gasteiger partial charge on any atom is 0.306 e. The third kappa shape index (κ3) is 48.7. The molecule has 0 radical (unpaired) electrons. The molecule has 0 rings (SSSR count). The van der Waals surface area contributed by atoms with Crippen LogP contribution in [0.3, 0.4) is 0 Å². The topological polar surface area (TPSA) is 78.9 Å². The molecule has 0 unspecified atom stereocenters. The molecular formula is C57H90O6. The summed E-state index contributed by atoms with van der Waals surface area (Å²) in [7, 11) is 0. The van der Waals surface area contributed by atoms with Crippen LogP contribution < -0.4 is 0 Å². The van der Waals surface area contributed by atoms with Gasteiger partial charge >= 0.3 is 17.9 Å². The Kier molecular flexibility index (Phi) is 47.1. The Morgan fingerprint density at radius 1 is 0.333 bits per heavy atom. The van der Waals surface area contributed by atoms with E-state index >= 15 is 0 Å². The van der Waals surface area contributed by atoms with Gasteiger partial charge in [-0.05, 0) is 116 Å². The van der Waals surface area contributed by atoms with Crippen molar-refractivity contribution in [2.45, 2.75) is 207 Å². The van der Waals surface area contributed by atoms with Gasteiger partial charge in [-0.25, -0.2) is 0 Å². The van der Waals surface area contributed by atoms with E-state index in [1.165, 1.54) is 51.4 Å². The highest BCUT2D eigenvalue weighted by atomic mass is 16.6. The molecule has 63 heavy (non-hydrogen) atoms. The van der Waals surface area contributed by atoms with Crippen LogP contribution >= 0.6 is 0 Å². The van der Waals surface area contributed by atoms with Gasteiger partial charge in [0.25, 0.3) is 0 Å². The highest BCUT2D eigenvalue weighted by molar-refractivity contribution is 5.71. The summed E-state index contributed by atoms with van der Waals surface area (Å²) in [5.74, 6) is -1.07. The van der Waals surface area contributed by atoms with E-state index in [0.29, 0.717) is 19.3 Å². The highest BCUT2D eigenvalue weighted by Crippen LogP contribution is 2.11. The minimum Gasteiger partial charge on any atom is -0.462 e.